The molecule has 0 atom stereocenters. The van der Waals surface area contributed by atoms with E-state index < -0.39 is 5.41 Å². The molecule has 0 saturated carbocycles. The number of hydrogen-bond acceptors (Lipinski definition) is 4. The minimum atomic E-state index is -0.505. The number of carbonyl (C=O) groups is 1. The molecule has 2 aliphatic rings. The lowest BCUT2D eigenvalue weighted by molar-refractivity contribution is -0.142. The Morgan fingerprint density at radius 3 is 2.26 bits per heavy atom. The fourth-order valence-corrected chi connectivity index (χ4v) is 5.66. The van der Waals surface area contributed by atoms with Gasteiger partial charge in [0.25, 0.3) is 0 Å². The number of piperidine rings is 1. The van der Waals surface area contributed by atoms with E-state index in [1.807, 2.05) is 60.4 Å². The molecule has 0 aliphatic carbocycles. The Morgan fingerprint density at radius 2 is 1.63 bits per heavy atom. The standard InChI is InChI=1S/C28H34N4O3/c1-2-31-25(29-32(27(31)34)21-22-9-5-3-6-10-22)23-13-17-30(18-14-23)26(33)28(15-19-35-20-16-28)24-11-7-4-8-12-24/h3-12,23H,2,13-21H2,1H3. The number of ether oxygens (including phenoxy) is 1. The Morgan fingerprint density at radius 1 is 1.00 bits per heavy atom. The van der Waals surface area contributed by atoms with Gasteiger partial charge in [0.1, 0.15) is 5.82 Å². The second-order valence-corrected chi connectivity index (χ2v) is 9.66. The third-order valence-electron chi connectivity index (χ3n) is 7.67. The smallest absolute Gasteiger partial charge is 0.346 e. The highest BCUT2D eigenvalue weighted by atomic mass is 16.5. The summed E-state index contributed by atoms with van der Waals surface area (Å²) in [7, 11) is 0. The fourth-order valence-electron chi connectivity index (χ4n) is 5.66. The lowest BCUT2D eigenvalue weighted by Gasteiger charge is -2.42. The normalized spacial score (nSPS) is 18.5. The maximum absolute atomic E-state index is 13.9. The Balaban J connectivity index is 1.32. The van der Waals surface area contributed by atoms with Gasteiger partial charge in [0, 0.05) is 38.8 Å². The van der Waals surface area contributed by atoms with E-state index in [9.17, 15) is 9.59 Å². The van der Waals surface area contributed by atoms with E-state index in [1.165, 1.54) is 0 Å². The number of likely N-dealkylation sites (tertiary alicyclic amines) is 1. The van der Waals surface area contributed by atoms with Gasteiger partial charge in [-0.3, -0.25) is 9.36 Å². The van der Waals surface area contributed by atoms with Gasteiger partial charge >= 0.3 is 5.69 Å². The molecule has 184 valence electrons. The summed E-state index contributed by atoms with van der Waals surface area (Å²) in [6, 6.07) is 20.1. The van der Waals surface area contributed by atoms with Crippen molar-refractivity contribution in [1.29, 1.82) is 0 Å². The highest BCUT2D eigenvalue weighted by molar-refractivity contribution is 5.88. The zero-order valence-electron chi connectivity index (χ0n) is 20.4. The first-order chi connectivity index (χ1) is 17.1. The van der Waals surface area contributed by atoms with E-state index in [2.05, 4.69) is 12.1 Å². The van der Waals surface area contributed by atoms with Gasteiger partial charge in [-0.25, -0.2) is 9.48 Å². The van der Waals surface area contributed by atoms with Crippen LogP contribution in [0.25, 0.3) is 0 Å². The number of carbonyl (C=O) groups excluding carboxylic acids is 1. The molecular weight excluding hydrogens is 440 g/mol. The lowest BCUT2D eigenvalue weighted by atomic mass is 9.72. The quantitative estimate of drug-likeness (QED) is 0.548. The molecule has 0 N–H and O–H groups in total. The van der Waals surface area contributed by atoms with Crippen LogP contribution in [0.15, 0.2) is 65.5 Å². The van der Waals surface area contributed by atoms with Crippen LogP contribution in [0, 0.1) is 0 Å². The number of nitrogens with zero attached hydrogens (tertiary/aromatic N) is 4. The molecule has 0 bridgehead atoms. The van der Waals surface area contributed by atoms with Crippen molar-refractivity contribution >= 4 is 5.91 Å². The molecule has 2 aromatic carbocycles. The van der Waals surface area contributed by atoms with Crippen LogP contribution in [0.2, 0.25) is 0 Å². The third kappa shape index (κ3) is 4.57. The van der Waals surface area contributed by atoms with Gasteiger partial charge in [0.05, 0.1) is 12.0 Å². The average molecular weight is 475 g/mol. The highest BCUT2D eigenvalue weighted by Crippen LogP contribution is 2.38. The summed E-state index contributed by atoms with van der Waals surface area (Å²) in [4.78, 5) is 29.0. The predicted molar refractivity (Wildman–Crippen MR) is 134 cm³/mol. The molecule has 2 fully saturated rings. The number of hydrogen-bond donors (Lipinski definition) is 0. The molecule has 0 unspecified atom stereocenters. The molecule has 0 spiro atoms. The molecular formula is C28H34N4O3. The van der Waals surface area contributed by atoms with Crippen molar-refractivity contribution in [2.45, 2.75) is 57.0 Å². The second kappa shape index (κ2) is 10.2. The number of rotatable bonds is 6. The summed E-state index contributed by atoms with van der Waals surface area (Å²) < 4.78 is 9.01. The number of amides is 1. The lowest BCUT2D eigenvalue weighted by Crippen LogP contribution is -2.52. The molecule has 1 aromatic heterocycles. The predicted octanol–water partition coefficient (Wildman–Crippen LogP) is 3.57. The van der Waals surface area contributed by atoms with E-state index >= 15 is 0 Å². The SMILES string of the molecule is CCn1c(C2CCN(C(=O)C3(c4ccccc4)CCOCC3)CC2)nn(Cc2ccccc2)c1=O. The van der Waals surface area contributed by atoms with Crippen LogP contribution >= 0.6 is 0 Å². The Bertz CT molecular complexity index is 1190. The van der Waals surface area contributed by atoms with Crippen molar-refractivity contribution in [2.24, 2.45) is 0 Å². The van der Waals surface area contributed by atoms with E-state index in [0.29, 0.717) is 39.4 Å². The van der Waals surface area contributed by atoms with Crippen molar-refractivity contribution in [3.8, 4) is 0 Å². The molecule has 3 aromatic rings. The summed E-state index contributed by atoms with van der Waals surface area (Å²) in [6.45, 7) is 5.65. The van der Waals surface area contributed by atoms with Crippen molar-refractivity contribution < 1.29 is 9.53 Å². The monoisotopic (exact) mass is 474 g/mol. The summed E-state index contributed by atoms with van der Waals surface area (Å²) in [5, 5.41) is 4.77. The summed E-state index contributed by atoms with van der Waals surface area (Å²) in [5.74, 6) is 1.24. The zero-order chi connectivity index (χ0) is 24.3. The maximum atomic E-state index is 13.9. The van der Waals surface area contributed by atoms with Crippen molar-refractivity contribution in [3.05, 3.63) is 88.1 Å². The molecule has 7 nitrogen and oxygen atoms in total. The first kappa shape index (κ1) is 23.5. The minimum absolute atomic E-state index is 0.0601. The van der Waals surface area contributed by atoms with Gasteiger partial charge in [-0.1, -0.05) is 60.7 Å². The molecule has 0 radical (unpaired) electrons. The number of aromatic nitrogens is 3. The first-order valence-electron chi connectivity index (χ1n) is 12.8. The van der Waals surface area contributed by atoms with Crippen LogP contribution in [0.3, 0.4) is 0 Å². The van der Waals surface area contributed by atoms with Crippen LogP contribution in [0.1, 0.15) is 55.5 Å². The largest absolute Gasteiger partial charge is 0.381 e. The van der Waals surface area contributed by atoms with Gasteiger partial charge in [0.15, 0.2) is 0 Å². The molecule has 7 heteroatoms. The molecule has 2 saturated heterocycles. The Labute approximate surface area is 206 Å². The molecule has 1 amide bonds. The second-order valence-electron chi connectivity index (χ2n) is 9.66. The minimum Gasteiger partial charge on any atom is -0.381 e. The van der Waals surface area contributed by atoms with Crippen LogP contribution in [-0.4, -0.2) is 51.5 Å². The maximum Gasteiger partial charge on any atom is 0.346 e. The van der Waals surface area contributed by atoms with E-state index in [-0.39, 0.29) is 17.5 Å². The van der Waals surface area contributed by atoms with E-state index in [4.69, 9.17) is 9.84 Å². The van der Waals surface area contributed by atoms with Crippen molar-refractivity contribution in [3.63, 3.8) is 0 Å². The first-order valence-corrected chi connectivity index (χ1v) is 12.8. The van der Waals surface area contributed by atoms with Gasteiger partial charge < -0.3 is 9.64 Å². The van der Waals surface area contributed by atoms with E-state index in [1.54, 1.807) is 9.25 Å². The van der Waals surface area contributed by atoms with Crippen LogP contribution < -0.4 is 5.69 Å². The highest BCUT2D eigenvalue weighted by Gasteiger charge is 2.44. The molecule has 2 aliphatic heterocycles. The van der Waals surface area contributed by atoms with Gasteiger partial charge in [-0.15, -0.1) is 0 Å². The molecule has 5 rings (SSSR count). The van der Waals surface area contributed by atoms with E-state index in [0.717, 1.165) is 42.6 Å². The average Bonchev–Trinajstić information content (AvgIpc) is 3.24. The van der Waals surface area contributed by atoms with Crippen molar-refractivity contribution in [1.82, 2.24) is 19.2 Å². The molecule has 35 heavy (non-hydrogen) atoms. The van der Waals surface area contributed by atoms with Crippen molar-refractivity contribution in [2.75, 3.05) is 26.3 Å². The van der Waals surface area contributed by atoms with Crippen LogP contribution in [-0.2, 0) is 28.0 Å². The summed E-state index contributed by atoms with van der Waals surface area (Å²) in [5.41, 5.74) is 1.59. The van der Waals surface area contributed by atoms with Crippen LogP contribution in [0.4, 0.5) is 0 Å². The van der Waals surface area contributed by atoms with Crippen LogP contribution in [0.5, 0.6) is 0 Å². The zero-order valence-corrected chi connectivity index (χ0v) is 20.4. The summed E-state index contributed by atoms with van der Waals surface area (Å²) >= 11 is 0. The Hall–Kier alpha value is -3.19. The Kier molecular flexibility index (Phi) is 6.86. The number of benzene rings is 2. The topological polar surface area (TPSA) is 69.4 Å². The van der Waals surface area contributed by atoms with Gasteiger partial charge in [-0.2, -0.15) is 5.10 Å². The fraction of sp³-hybridized carbons (Fsp3) is 0.464. The molecule has 3 heterocycles. The third-order valence-corrected chi connectivity index (χ3v) is 7.67. The van der Waals surface area contributed by atoms with Gasteiger partial charge in [0.2, 0.25) is 5.91 Å². The summed E-state index contributed by atoms with van der Waals surface area (Å²) in [6.07, 6.45) is 3.06. The van der Waals surface area contributed by atoms with Gasteiger partial charge in [-0.05, 0) is 43.7 Å².